The van der Waals surface area contributed by atoms with Gasteiger partial charge in [-0.2, -0.15) is 0 Å². The number of rotatable bonds is 4. The Balaban J connectivity index is 1.70. The molecule has 6 nitrogen and oxygen atoms in total. The van der Waals surface area contributed by atoms with E-state index in [-0.39, 0.29) is 21.6 Å². The zero-order valence-electron chi connectivity index (χ0n) is 14.3. The standard InChI is InChI=1S/C17H17FN2O4S3/c1-10(15(21)19-13-6-7-27(23,24)9-13)20-16(22)14(26-17(20)25)8-11-2-4-12(18)5-3-11/h2-5,8,10,13H,6-7,9H2,1H3,(H,19,21). The average Bonchev–Trinajstić information content (AvgIpc) is 3.07. The summed E-state index contributed by atoms with van der Waals surface area (Å²) < 4.78 is 36.3. The summed E-state index contributed by atoms with van der Waals surface area (Å²) in [6.07, 6.45) is 1.95. The van der Waals surface area contributed by atoms with Crippen molar-refractivity contribution in [1.82, 2.24) is 10.2 Å². The highest BCUT2D eigenvalue weighted by molar-refractivity contribution is 8.26. The summed E-state index contributed by atoms with van der Waals surface area (Å²) in [6.45, 7) is 1.55. The van der Waals surface area contributed by atoms with Gasteiger partial charge in [-0.3, -0.25) is 14.5 Å². The van der Waals surface area contributed by atoms with E-state index in [2.05, 4.69) is 5.32 Å². The Kier molecular flexibility index (Phi) is 5.68. The fraction of sp³-hybridized carbons (Fsp3) is 0.353. The smallest absolute Gasteiger partial charge is 0.266 e. The molecule has 0 radical (unpaired) electrons. The Hall–Kier alpha value is -1.78. The van der Waals surface area contributed by atoms with E-state index >= 15 is 0 Å². The van der Waals surface area contributed by atoms with Gasteiger partial charge in [-0.25, -0.2) is 12.8 Å². The summed E-state index contributed by atoms with van der Waals surface area (Å²) >= 11 is 6.31. The van der Waals surface area contributed by atoms with E-state index in [0.717, 1.165) is 11.8 Å². The van der Waals surface area contributed by atoms with E-state index in [1.807, 2.05) is 0 Å². The second kappa shape index (κ2) is 7.69. The Bertz CT molecular complexity index is 928. The minimum atomic E-state index is -3.11. The van der Waals surface area contributed by atoms with Crippen molar-refractivity contribution in [3.8, 4) is 0 Å². The summed E-state index contributed by atoms with van der Waals surface area (Å²) in [7, 11) is -3.11. The molecule has 2 amide bonds. The zero-order chi connectivity index (χ0) is 19.8. The molecule has 144 valence electrons. The van der Waals surface area contributed by atoms with Crippen LogP contribution in [0.1, 0.15) is 18.9 Å². The Labute approximate surface area is 166 Å². The van der Waals surface area contributed by atoms with E-state index in [0.29, 0.717) is 16.9 Å². The van der Waals surface area contributed by atoms with Gasteiger partial charge in [0.25, 0.3) is 5.91 Å². The number of benzene rings is 1. The minimum Gasteiger partial charge on any atom is -0.351 e. The number of sulfone groups is 1. The van der Waals surface area contributed by atoms with E-state index in [1.54, 1.807) is 25.1 Å². The van der Waals surface area contributed by atoms with Crippen LogP contribution in [-0.4, -0.2) is 53.0 Å². The Morgan fingerprint density at radius 3 is 2.67 bits per heavy atom. The fourth-order valence-electron chi connectivity index (χ4n) is 2.87. The first kappa shape index (κ1) is 20.0. The van der Waals surface area contributed by atoms with Crippen LogP contribution >= 0.6 is 24.0 Å². The SMILES string of the molecule is CC(C(=O)NC1CCS(=O)(=O)C1)N1C(=O)C(=Cc2ccc(F)cc2)SC1=S. The van der Waals surface area contributed by atoms with Crippen molar-refractivity contribution in [3.63, 3.8) is 0 Å². The molecule has 2 unspecified atom stereocenters. The van der Waals surface area contributed by atoms with Gasteiger partial charge in [0.2, 0.25) is 5.91 Å². The number of amides is 2. The van der Waals surface area contributed by atoms with Crippen LogP contribution in [0, 0.1) is 5.82 Å². The van der Waals surface area contributed by atoms with Crippen LogP contribution in [0.25, 0.3) is 6.08 Å². The number of hydrogen-bond acceptors (Lipinski definition) is 6. The monoisotopic (exact) mass is 428 g/mol. The number of thiocarbonyl (C=S) groups is 1. The second-order valence-electron chi connectivity index (χ2n) is 6.39. The first-order chi connectivity index (χ1) is 12.7. The highest BCUT2D eigenvalue weighted by Gasteiger charge is 2.39. The lowest BCUT2D eigenvalue weighted by Crippen LogP contribution is -2.50. The van der Waals surface area contributed by atoms with Crippen molar-refractivity contribution in [2.24, 2.45) is 0 Å². The van der Waals surface area contributed by atoms with Gasteiger partial charge in [-0.1, -0.05) is 36.1 Å². The summed E-state index contributed by atoms with van der Waals surface area (Å²) in [6, 6.07) is 4.35. The van der Waals surface area contributed by atoms with Gasteiger partial charge in [0.05, 0.1) is 16.4 Å². The Morgan fingerprint density at radius 1 is 1.41 bits per heavy atom. The lowest BCUT2D eigenvalue weighted by atomic mass is 10.2. The molecule has 27 heavy (non-hydrogen) atoms. The number of nitrogens with one attached hydrogen (secondary N) is 1. The molecule has 2 fully saturated rings. The van der Waals surface area contributed by atoms with E-state index in [9.17, 15) is 22.4 Å². The maximum absolute atomic E-state index is 13.0. The third-order valence-electron chi connectivity index (χ3n) is 4.34. The molecule has 2 aliphatic rings. The Morgan fingerprint density at radius 2 is 2.07 bits per heavy atom. The molecule has 0 aromatic heterocycles. The maximum atomic E-state index is 13.0. The van der Waals surface area contributed by atoms with Gasteiger partial charge in [-0.05, 0) is 37.1 Å². The lowest BCUT2D eigenvalue weighted by Gasteiger charge is -2.23. The van der Waals surface area contributed by atoms with Gasteiger partial charge in [-0.15, -0.1) is 0 Å². The number of carbonyl (C=O) groups is 2. The number of nitrogens with zero attached hydrogens (tertiary/aromatic N) is 1. The molecule has 0 spiro atoms. The molecule has 2 heterocycles. The largest absolute Gasteiger partial charge is 0.351 e. The number of carbonyl (C=O) groups excluding carboxylic acids is 2. The van der Waals surface area contributed by atoms with E-state index in [1.165, 1.54) is 17.0 Å². The van der Waals surface area contributed by atoms with Crippen LogP contribution < -0.4 is 5.32 Å². The molecule has 1 N–H and O–H groups in total. The first-order valence-electron chi connectivity index (χ1n) is 8.20. The molecule has 2 atom stereocenters. The molecule has 2 aliphatic heterocycles. The van der Waals surface area contributed by atoms with Crippen molar-refractivity contribution < 1.29 is 22.4 Å². The molecule has 0 saturated carbocycles. The minimum absolute atomic E-state index is 0.0494. The lowest BCUT2D eigenvalue weighted by molar-refractivity contribution is -0.132. The number of thioether (sulfide) groups is 1. The third kappa shape index (κ3) is 4.56. The molecule has 10 heteroatoms. The summed E-state index contributed by atoms with van der Waals surface area (Å²) in [5.41, 5.74) is 0.644. The van der Waals surface area contributed by atoms with E-state index < -0.39 is 33.7 Å². The van der Waals surface area contributed by atoms with Crippen LogP contribution in [0.3, 0.4) is 0 Å². The molecule has 2 saturated heterocycles. The molecule has 1 aromatic rings. The summed E-state index contributed by atoms with van der Waals surface area (Å²) in [5, 5.41) is 2.68. The normalized spacial score (nSPS) is 24.4. The highest BCUT2D eigenvalue weighted by atomic mass is 32.2. The van der Waals surface area contributed by atoms with Crippen LogP contribution in [0.5, 0.6) is 0 Å². The molecular weight excluding hydrogens is 411 g/mol. The molecular formula is C17H17FN2O4S3. The summed E-state index contributed by atoms with van der Waals surface area (Å²) in [4.78, 5) is 26.7. The van der Waals surface area contributed by atoms with Gasteiger partial charge in [0.1, 0.15) is 16.2 Å². The average molecular weight is 429 g/mol. The molecule has 3 rings (SSSR count). The van der Waals surface area contributed by atoms with Crippen LogP contribution in [0.4, 0.5) is 4.39 Å². The van der Waals surface area contributed by atoms with Crippen LogP contribution in [0.15, 0.2) is 29.2 Å². The van der Waals surface area contributed by atoms with Gasteiger partial charge in [0, 0.05) is 6.04 Å². The summed E-state index contributed by atoms with van der Waals surface area (Å²) in [5.74, 6) is -1.27. The maximum Gasteiger partial charge on any atom is 0.266 e. The van der Waals surface area contributed by atoms with E-state index in [4.69, 9.17) is 12.2 Å². The highest BCUT2D eigenvalue weighted by Crippen LogP contribution is 2.34. The first-order valence-corrected chi connectivity index (χ1v) is 11.2. The predicted molar refractivity (Wildman–Crippen MR) is 106 cm³/mol. The number of halogens is 1. The van der Waals surface area contributed by atoms with Crippen molar-refractivity contribution in [2.45, 2.75) is 25.4 Å². The van der Waals surface area contributed by atoms with Crippen molar-refractivity contribution in [1.29, 1.82) is 0 Å². The zero-order valence-corrected chi connectivity index (χ0v) is 16.8. The van der Waals surface area contributed by atoms with Gasteiger partial charge >= 0.3 is 0 Å². The van der Waals surface area contributed by atoms with Crippen LogP contribution in [0.2, 0.25) is 0 Å². The third-order valence-corrected chi connectivity index (χ3v) is 7.44. The van der Waals surface area contributed by atoms with Crippen LogP contribution in [-0.2, 0) is 19.4 Å². The van der Waals surface area contributed by atoms with Crippen molar-refractivity contribution in [2.75, 3.05) is 11.5 Å². The molecule has 1 aromatic carbocycles. The molecule has 0 bridgehead atoms. The van der Waals surface area contributed by atoms with Crippen molar-refractivity contribution in [3.05, 3.63) is 40.6 Å². The van der Waals surface area contributed by atoms with Crippen molar-refractivity contribution >= 4 is 56.0 Å². The second-order valence-corrected chi connectivity index (χ2v) is 10.3. The van der Waals surface area contributed by atoms with Gasteiger partial charge in [0.15, 0.2) is 9.84 Å². The topological polar surface area (TPSA) is 83.6 Å². The predicted octanol–water partition coefficient (Wildman–Crippen LogP) is 1.72. The quantitative estimate of drug-likeness (QED) is 0.581. The fourth-order valence-corrected chi connectivity index (χ4v) is 5.96. The van der Waals surface area contributed by atoms with Gasteiger partial charge < -0.3 is 5.32 Å². The molecule has 0 aliphatic carbocycles. The number of hydrogen-bond donors (Lipinski definition) is 1.